The van der Waals surface area contributed by atoms with Crippen LogP contribution in [0.15, 0.2) is 24.3 Å². The van der Waals surface area contributed by atoms with Gasteiger partial charge in [-0.05, 0) is 6.42 Å². The smallest absolute Gasteiger partial charge is 0 e. The Balaban J connectivity index is 0.000000250. The predicted molar refractivity (Wildman–Crippen MR) is 22.9 cm³/mol. The Bertz CT molecular complexity index is 62.0. The van der Waals surface area contributed by atoms with Gasteiger partial charge in [0.2, 0.25) is 0 Å². The van der Waals surface area contributed by atoms with Gasteiger partial charge in [-0.1, -0.05) is 24.3 Å². The molecule has 0 bridgehead atoms. The molecule has 0 unspecified atom stereocenters. The van der Waals surface area contributed by atoms with Gasteiger partial charge in [-0.15, -0.1) is 0 Å². The zero-order valence-corrected chi connectivity index (χ0v) is 5.43. The van der Waals surface area contributed by atoms with Crippen LogP contribution in [-0.4, -0.2) is 0 Å². The van der Waals surface area contributed by atoms with E-state index in [2.05, 4.69) is 24.3 Å². The topological polar surface area (TPSA) is 0 Å². The number of rotatable bonds is 0. The van der Waals surface area contributed by atoms with Crippen LogP contribution in [0.25, 0.3) is 0 Å². The molecule has 0 saturated carbocycles. The maximum atomic E-state index is 2.12. The average molecular weight is 162 g/mol. The molecule has 0 aromatic heterocycles. The monoisotopic (exact) mass is 164 g/mol. The molecule has 1 aliphatic carbocycles. The molecule has 1 rings (SSSR count). The summed E-state index contributed by atoms with van der Waals surface area (Å²) in [6.07, 6.45) is 9.50. The van der Waals surface area contributed by atoms with Crippen molar-refractivity contribution in [2.45, 2.75) is 6.42 Å². The molecule has 1 aliphatic rings. The van der Waals surface area contributed by atoms with Crippen molar-refractivity contribution in [3.63, 3.8) is 0 Å². The molecule has 6 heavy (non-hydrogen) atoms. The molecular weight excluding hydrogens is 156 g/mol. The fourth-order valence-electron chi connectivity index (χ4n) is 0.393. The molecule has 0 N–H and O–H groups in total. The van der Waals surface area contributed by atoms with Gasteiger partial charge in [-0.3, -0.25) is 0 Å². The van der Waals surface area contributed by atoms with Crippen molar-refractivity contribution in [1.29, 1.82) is 0 Å². The molecule has 0 amide bonds. The van der Waals surface area contributed by atoms with E-state index in [1.54, 1.807) is 0 Å². The summed E-state index contributed by atoms with van der Waals surface area (Å²) in [5.41, 5.74) is 0. The molecule has 0 saturated heterocycles. The molecule has 0 spiro atoms. The van der Waals surface area contributed by atoms with Crippen LogP contribution in [0.4, 0.5) is 0 Å². The Morgan fingerprint density at radius 2 is 1.50 bits per heavy atom. The quantitative estimate of drug-likeness (QED) is 0.473. The minimum absolute atomic E-state index is 0. The van der Waals surface area contributed by atoms with Crippen molar-refractivity contribution in [3.05, 3.63) is 24.3 Å². The molecule has 0 aromatic rings. The van der Waals surface area contributed by atoms with Gasteiger partial charge in [-0.25, -0.2) is 0 Å². The molecule has 0 radical (unpaired) electrons. The third-order valence-corrected chi connectivity index (χ3v) is 0.655. The molecule has 1 heteroatoms. The van der Waals surface area contributed by atoms with E-state index in [1.165, 1.54) is 0 Å². The molecule has 32 valence electrons. The fraction of sp³-hybridized carbons (Fsp3) is 0.200. The van der Waals surface area contributed by atoms with Crippen LogP contribution >= 0.6 is 0 Å². The summed E-state index contributed by atoms with van der Waals surface area (Å²) in [5.74, 6) is 0. The Hall–Kier alpha value is 0.168. The molecule has 0 atom stereocenters. The van der Waals surface area contributed by atoms with E-state index >= 15 is 0 Å². The van der Waals surface area contributed by atoms with Gasteiger partial charge >= 0.3 is 0 Å². The maximum absolute atomic E-state index is 2.12. The van der Waals surface area contributed by atoms with Gasteiger partial charge < -0.3 is 0 Å². The van der Waals surface area contributed by atoms with Crippen molar-refractivity contribution in [2.24, 2.45) is 0 Å². The zero-order chi connectivity index (χ0) is 3.54. The Labute approximate surface area is 52.2 Å². The van der Waals surface area contributed by atoms with Crippen LogP contribution in [0.5, 0.6) is 0 Å². The van der Waals surface area contributed by atoms with E-state index in [0.29, 0.717) is 0 Å². The van der Waals surface area contributed by atoms with E-state index in [0.717, 1.165) is 6.42 Å². The molecule has 0 heterocycles. The van der Waals surface area contributed by atoms with Crippen LogP contribution in [0.2, 0.25) is 0 Å². The molecule has 0 aromatic carbocycles. The van der Waals surface area contributed by atoms with E-state index in [-0.39, 0.29) is 21.1 Å². The van der Waals surface area contributed by atoms with E-state index in [1.807, 2.05) is 0 Å². The Morgan fingerprint density at radius 3 is 1.67 bits per heavy atom. The summed E-state index contributed by atoms with van der Waals surface area (Å²) in [6, 6.07) is 0. The summed E-state index contributed by atoms with van der Waals surface area (Å²) >= 11 is 0. The van der Waals surface area contributed by atoms with E-state index < -0.39 is 0 Å². The van der Waals surface area contributed by atoms with Crippen molar-refractivity contribution in [2.75, 3.05) is 0 Å². The first kappa shape index (κ1) is 6.17. The largest absolute Gasteiger partial charge is 0.0808 e. The van der Waals surface area contributed by atoms with Crippen LogP contribution in [0.3, 0.4) is 0 Å². The minimum atomic E-state index is 0. The van der Waals surface area contributed by atoms with Gasteiger partial charge in [0.1, 0.15) is 0 Å². The maximum Gasteiger partial charge on any atom is 0 e. The molecule has 0 fully saturated rings. The average Bonchev–Trinajstić information content (AvgIpc) is 1.76. The van der Waals surface area contributed by atoms with E-state index in [9.17, 15) is 0 Å². The first-order chi connectivity index (χ1) is 2.50. The SMILES string of the molecule is C1=CCC=C1.[Mo]. The number of hydrogen-bond acceptors (Lipinski definition) is 0. The van der Waals surface area contributed by atoms with Crippen molar-refractivity contribution in [3.8, 4) is 0 Å². The van der Waals surface area contributed by atoms with Crippen molar-refractivity contribution in [1.82, 2.24) is 0 Å². The third kappa shape index (κ3) is 1.57. The van der Waals surface area contributed by atoms with Gasteiger partial charge in [0.05, 0.1) is 0 Å². The van der Waals surface area contributed by atoms with Crippen molar-refractivity contribution >= 4 is 0 Å². The number of hydrogen-bond donors (Lipinski definition) is 0. The summed E-state index contributed by atoms with van der Waals surface area (Å²) in [4.78, 5) is 0. The summed E-state index contributed by atoms with van der Waals surface area (Å²) in [6.45, 7) is 0. The third-order valence-electron chi connectivity index (χ3n) is 0.655. The van der Waals surface area contributed by atoms with Gasteiger partial charge in [0, 0.05) is 21.1 Å². The predicted octanol–water partition coefficient (Wildman–Crippen LogP) is 1.50. The second-order valence-corrected chi connectivity index (χ2v) is 1.09. The van der Waals surface area contributed by atoms with Crippen LogP contribution in [-0.2, 0) is 21.1 Å². The van der Waals surface area contributed by atoms with Crippen LogP contribution < -0.4 is 0 Å². The molecular formula is C5H6Mo. The summed E-state index contributed by atoms with van der Waals surface area (Å²) < 4.78 is 0. The first-order valence-corrected chi connectivity index (χ1v) is 1.82. The van der Waals surface area contributed by atoms with E-state index in [4.69, 9.17) is 0 Å². The normalized spacial score (nSPS) is 14.7. The number of allylic oxidation sites excluding steroid dienone is 4. The standard InChI is InChI=1S/C5H6.Mo/c1-2-4-5-3-1;/h1-4H,5H2;. The molecule has 0 nitrogen and oxygen atoms in total. The summed E-state index contributed by atoms with van der Waals surface area (Å²) in [7, 11) is 0. The second kappa shape index (κ2) is 3.36. The van der Waals surface area contributed by atoms with Crippen LogP contribution in [0.1, 0.15) is 6.42 Å². The first-order valence-electron chi connectivity index (χ1n) is 1.82. The van der Waals surface area contributed by atoms with Crippen LogP contribution in [0, 0.1) is 0 Å². The van der Waals surface area contributed by atoms with Gasteiger partial charge in [0.25, 0.3) is 0 Å². The second-order valence-electron chi connectivity index (χ2n) is 1.09. The Morgan fingerprint density at radius 1 is 1.00 bits per heavy atom. The summed E-state index contributed by atoms with van der Waals surface area (Å²) in [5, 5.41) is 0. The van der Waals surface area contributed by atoms with Gasteiger partial charge in [0.15, 0.2) is 0 Å². The van der Waals surface area contributed by atoms with Gasteiger partial charge in [-0.2, -0.15) is 0 Å². The van der Waals surface area contributed by atoms with Crippen molar-refractivity contribution < 1.29 is 21.1 Å². The Kier molecular flexibility index (Phi) is 3.46. The fourth-order valence-corrected chi connectivity index (χ4v) is 0.393. The minimum Gasteiger partial charge on any atom is -0.0808 e. The zero-order valence-electron chi connectivity index (χ0n) is 3.42. The molecule has 0 aliphatic heterocycles.